The summed E-state index contributed by atoms with van der Waals surface area (Å²) < 4.78 is 28.9. The van der Waals surface area contributed by atoms with Crippen LogP contribution in [0.2, 0.25) is 0 Å². The summed E-state index contributed by atoms with van der Waals surface area (Å²) in [7, 11) is -4.08. The van der Waals surface area contributed by atoms with Crippen molar-refractivity contribution < 1.29 is 18.0 Å². The predicted octanol–water partition coefficient (Wildman–Crippen LogP) is 4.83. The maximum Gasteiger partial charge on any atom is 0.264 e. The molecule has 0 spiro atoms. The summed E-state index contributed by atoms with van der Waals surface area (Å²) in [4.78, 5) is 28.6. The molecule has 2 atom stereocenters. The zero-order valence-electron chi connectivity index (χ0n) is 22.7. The minimum Gasteiger partial charge on any atom is -0.352 e. The fourth-order valence-electron chi connectivity index (χ4n) is 4.07. The SMILES string of the molecule is CC[C@@H](C)NC(=O)[C@@H](C)N(Cc1ccccc1)C(=O)CN(c1cccc(C)c1C)S(=O)(=O)c1ccccc1. The van der Waals surface area contributed by atoms with Gasteiger partial charge in [-0.25, -0.2) is 8.42 Å². The van der Waals surface area contributed by atoms with E-state index in [1.54, 1.807) is 37.3 Å². The number of benzene rings is 3. The van der Waals surface area contributed by atoms with Crippen molar-refractivity contribution in [3.05, 3.63) is 95.6 Å². The Morgan fingerprint density at radius 2 is 1.47 bits per heavy atom. The monoisotopic (exact) mass is 535 g/mol. The van der Waals surface area contributed by atoms with Crippen molar-refractivity contribution in [1.29, 1.82) is 0 Å². The maximum atomic E-state index is 13.9. The molecule has 3 aromatic rings. The molecule has 8 heteroatoms. The van der Waals surface area contributed by atoms with Crippen LogP contribution in [-0.2, 0) is 26.2 Å². The van der Waals surface area contributed by atoms with E-state index in [1.165, 1.54) is 17.0 Å². The molecule has 0 saturated carbocycles. The lowest BCUT2D eigenvalue weighted by Gasteiger charge is -2.33. The van der Waals surface area contributed by atoms with Crippen molar-refractivity contribution in [2.45, 2.75) is 64.6 Å². The summed E-state index contributed by atoms with van der Waals surface area (Å²) >= 11 is 0. The normalized spacial score (nSPS) is 12.9. The van der Waals surface area contributed by atoms with Crippen LogP contribution >= 0.6 is 0 Å². The number of nitrogens with zero attached hydrogens (tertiary/aromatic N) is 2. The number of sulfonamides is 1. The third kappa shape index (κ3) is 6.81. The number of hydrogen-bond donors (Lipinski definition) is 1. The number of carbonyl (C=O) groups excluding carboxylic acids is 2. The Balaban J connectivity index is 2.04. The number of rotatable bonds is 11. The van der Waals surface area contributed by atoms with E-state index < -0.39 is 28.5 Å². The standard InChI is InChI=1S/C30H37N3O4S/c1-6-23(3)31-30(35)25(5)32(20-26-15-9-7-10-16-26)29(34)21-33(28-19-13-14-22(2)24(28)4)38(36,37)27-17-11-8-12-18-27/h7-19,23,25H,6,20-21H2,1-5H3,(H,31,35)/t23-,25-/m1/s1. The summed E-state index contributed by atoms with van der Waals surface area (Å²) in [5.74, 6) is -0.756. The van der Waals surface area contributed by atoms with Crippen molar-refractivity contribution in [2.24, 2.45) is 0 Å². The summed E-state index contributed by atoms with van der Waals surface area (Å²) in [6.07, 6.45) is 0.751. The zero-order chi connectivity index (χ0) is 27.9. The number of carbonyl (C=O) groups is 2. The van der Waals surface area contributed by atoms with Crippen molar-refractivity contribution in [3.8, 4) is 0 Å². The molecule has 1 N–H and O–H groups in total. The first-order chi connectivity index (χ1) is 18.1. The van der Waals surface area contributed by atoms with E-state index in [4.69, 9.17) is 0 Å². The average molecular weight is 536 g/mol. The molecule has 0 bridgehead atoms. The number of anilines is 1. The van der Waals surface area contributed by atoms with Crippen LogP contribution in [0, 0.1) is 13.8 Å². The molecule has 38 heavy (non-hydrogen) atoms. The molecule has 202 valence electrons. The lowest BCUT2D eigenvalue weighted by molar-refractivity contribution is -0.139. The van der Waals surface area contributed by atoms with Gasteiger partial charge in [0.25, 0.3) is 10.0 Å². The number of aryl methyl sites for hydroxylation is 1. The van der Waals surface area contributed by atoms with E-state index in [1.807, 2.05) is 64.1 Å². The third-order valence-corrected chi connectivity index (χ3v) is 8.59. The molecule has 0 aliphatic carbocycles. The molecule has 3 rings (SSSR count). The Morgan fingerprint density at radius 3 is 2.08 bits per heavy atom. The number of hydrogen-bond acceptors (Lipinski definition) is 4. The minimum absolute atomic E-state index is 0.0523. The van der Waals surface area contributed by atoms with Crippen LogP contribution < -0.4 is 9.62 Å². The van der Waals surface area contributed by atoms with Gasteiger partial charge in [0.05, 0.1) is 10.6 Å². The molecule has 0 aromatic heterocycles. The molecule has 0 saturated heterocycles. The first-order valence-corrected chi connectivity index (χ1v) is 14.3. The Kier molecular flexibility index (Phi) is 9.69. The highest BCUT2D eigenvalue weighted by Gasteiger charge is 2.33. The first-order valence-electron chi connectivity index (χ1n) is 12.8. The lowest BCUT2D eigenvalue weighted by Crippen LogP contribution is -2.52. The molecule has 0 radical (unpaired) electrons. The molecule has 3 aromatic carbocycles. The van der Waals surface area contributed by atoms with Crippen molar-refractivity contribution in [3.63, 3.8) is 0 Å². The Labute approximate surface area is 226 Å². The summed E-state index contributed by atoms with van der Waals surface area (Å²) in [6, 6.07) is 22.0. The Morgan fingerprint density at radius 1 is 0.868 bits per heavy atom. The molecule has 0 aliphatic heterocycles. The van der Waals surface area contributed by atoms with Gasteiger partial charge in [0.1, 0.15) is 12.6 Å². The van der Waals surface area contributed by atoms with Gasteiger partial charge in [-0.2, -0.15) is 0 Å². The van der Waals surface area contributed by atoms with Gasteiger partial charge < -0.3 is 10.2 Å². The van der Waals surface area contributed by atoms with Crippen molar-refractivity contribution in [2.75, 3.05) is 10.8 Å². The van der Waals surface area contributed by atoms with E-state index in [0.29, 0.717) is 5.69 Å². The third-order valence-electron chi connectivity index (χ3n) is 6.82. The van der Waals surface area contributed by atoms with Gasteiger partial charge in [0.2, 0.25) is 11.8 Å². The van der Waals surface area contributed by atoms with Gasteiger partial charge in [0, 0.05) is 12.6 Å². The van der Waals surface area contributed by atoms with E-state index in [-0.39, 0.29) is 23.4 Å². The highest BCUT2D eigenvalue weighted by Crippen LogP contribution is 2.29. The van der Waals surface area contributed by atoms with Crippen LogP contribution in [0.25, 0.3) is 0 Å². The molecular formula is C30H37N3O4S. The molecule has 7 nitrogen and oxygen atoms in total. The molecule has 2 amide bonds. The molecule has 0 fully saturated rings. The van der Waals surface area contributed by atoms with Gasteiger partial charge in [-0.3, -0.25) is 13.9 Å². The molecule has 0 aliphatic rings. The van der Waals surface area contributed by atoms with Gasteiger partial charge in [-0.1, -0.05) is 67.6 Å². The summed E-state index contributed by atoms with van der Waals surface area (Å²) in [5, 5.41) is 2.94. The van der Waals surface area contributed by atoms with E-state index in [2.05, 4.69) is 5.32 Å². The number of nitrogens with one attached hydrogen (secondary N) is 1. The Hall–Kier alpha value is -3.65. The van der Waals surface area contributed by atoms with Crippen molar-refractivity contribution >= 4 is 27.5 Å². The van der Waals surface area contributed by atoms with E-state index >= 15 is 0 Å². The first kappa shape index (κ1) is 28.9. The largest absolute Gasteiger partial charge is 0.352 e. The maximum absolute atomic E-state index is 13.9. The van der Waals surface area contributed by atoms with Crippen LogP contribution in [0.15, 0.2) is 83.8 Å². The Bertz CT molecular complexity index is 1340. The van der Waals surface area contributed by atoms with Gasteiger partial charge in [-0.15, -0.1) is 0 Å². The average Bonchev–Trinajstić information content (AvgIpc) is 2.92. The fourth-order valence-corrected chi connectivity index (χ4v) is 5.56. The summed E-state index contributed by atoms with van der Waals surface area (Å²) in [5.41, 5.74) is 2.94. The van der Waals surface area contributed by atoms with Crippen LogP contribution in [0.1, 0.15) is 43.9 Å². The van der Waals surface area contributed by atoms with E-state index in [9.17, 15) is 18.0 Å². The van der Waals surface area contributed by atoms with Crippen LogP contribution in [-0.4, -0.2) is 43.8 Å². The second kappa shape index (κ2) is 12.7. The highest BCUT2D eigenvalue weighted by atomic mass is 32.2. The summed E-state index contributed by atoms with van der Waals surface area (Å²) in [6.45, 7) is 9.01. The fraction of sp³-hybridized carbons (Fsp3) is 0.333. The topological polar surface area (TPSA) is 86.8 Å². The second-order valence-corrected chi connectivity index (χ2v) is 11.4. The zero-order valence-corrected chi connectivity index (χ0v) is 23.5. The van der Waals surface area contributed by atoms with Crippen LogP contribution in [0.5, 0.6) is 0 Å². The molecular weight excluding hydrogens is 498 g/mol. The quantitative estimate of drug-likeness (QED) is 0.381. The van der Waals surface area contributed by atoms with Crippen LogP contribution in [0.3, 0.4) is 0 Å². The minimum atomic E-state index is -4.08. The molecule has 0 unspecified atom stereocenters. The van der Waals surface area contributed by atoms with Gasteiger partial charge >= 0.3 is 0 Å². The van der Waals surface area contributed by atoms with Gasteiger partial charge in [-0.05, 0) is 69.0 Å². The smallest absolute Gasteiger partial charge is 0.264 e. The highest BCUT2D eigenvalue weighted by molar-refractivity contribution is 7.92. The second-order valence-electron chi connectivity index (χ2n) is 9.54. The lowest BCUT2D eigenvalue weighted by atomic mass is 10.1. The molecule has 0 heterocycles. The van der Waals surface area contributed by atoms with Crippen molar-refractivity contribution in [1.82, 2.24) is 10.2 Å². The van der Waals surface area contributed by atoms with Crippen LogP contribution in [0.4, 0.5) is 5.69 Å². The number of amides is 2. The predicted molar refractivity (Wildman–Crippen MR) is 151 cm³/mol. The van der Waals surface area contributed by atoms with E-state index in [0.717, 1.165) is 27.4 Å². The van der Waals surface area contributed by atoms with Gasteiger partial charge in [0.15, 0.2) is 0 Å².